The molecule has 38 heavy (non-hydrogen) atoms. The lowest BCUT2D eigenvalue weighted by atomic mass is 10.1. The first-order valence-electron chi connectivity index (χ1n) is 12.0. The summed E-state index contributed by atoms with van der Waals surface area (Å²) in [5, 5.41) is 0.578. The highest BCUT2D eigenvalue weighted by Crippen LogP contribution is 2.26. The highest BCUT2D eigenvalue weighted by atomic mass is 35.5. The van der Waals surface area contributed by atoms with Gasteiger partial charge in [-0.15, -0.1) is 0 Å². The van der Waals surface area contributed by atoms with E-state index in [0.717, 1.165) is 25.2 Å². The van der Waals surface area contributed by atoms with Gasteiger partial charge in [0.25, 0.3) is 15.9 Å². The first-order valence-corrected chi connectivity index (χ1v) is 13.9. The number of pyridine rings is 1. The topological polar surface area (TPSA) is 91.8 Å². The lowest BCUT2D eigenvalue weighted by Gasteiger charge is -2.34. The number of aromatic nitrogens is 1. The number of benzene rings is 2. The Morgan fingerprint density at radius 1 is 1.11 bits per heavy atom. The van der Waals surface area contributed by atoms with Crippen molar-refractivity contribution in [3.05, 3.63) is 107 Å². The van der Waals surface area contributed by atoms with Crippen LogP contribution in [-0.4, -0.2) is 62.4 Å². The molecule has 1 saturated heterocycles. The summed E-state index contributed by atoms with van der Waals surface area (Å²) in [5.74, 6) is 0.554. The van der Waals surface area contributed by atoms with Crippen molar-refractivity contribution < 1.29 is 17.9 Å². The van der Waals surface area contributed by atoms with E-state index in [4.69, 9.17) is 16.3 Å². The number of methoxy groups -OCH3 is 1. The first-order chi connectivity index (χ1) is 18.3. The second-order valence-electron chi connectivity index (χ2n) is 8.70. The van der Waals surface area contributed by atoms with E-state index in [-0.39, 0.29) is 10.8 Å². The summed E-state index contributed by atoms with van der Waals surface area (Å²) in [4.78, 5) is 21.3. The van der Waals surface area contributed by atoms with Crippen LogP contribution in [0.1, 0.15) is 21.6 Å². The molecule has 1 N–H and O–H groups in total. The van der Waals surface area contributed by atoms with Gasteiger partial charge in [-0.3, -0.25) is 19.4 Å². The largest absolute Gasteiger partial charge is 0.495 e. The Hall–Kier alpha value is -3.66. The van der Waals surface area contributed by atoms with Crippen LogP contribution in [0.2, 0.25) is 5.02 Å². The normalized spacial score (nSPS) is 14.7. The van der Waals surface area contributed by atoms with E-state index in [9.17, 15) is 13.2 Å². The summed E-state index contributed by atoms with van der Waals surface area (Å²) in [6.07, 6.45) is 4.32. The van der Waals surface area contributed by atoms with E-state index >= 15 is 0 Å². The fourth-order valence-corrected chi connectivity index (χ4v) is 5.69. The quantitative estimate of drug-likeness (QED) is 0.388. The molecule has 2 heterocycles. The molecule has 0 aliphatic carbocycles. The van der Waals surface area contributed by atoms with Crippen LogP contribution in [0.3, 0.4) is 0 Å². The van der Waals surface area contributed by atoms with Gasteiger partial charge in [0, 0.05) is 50.2 Å². The third kappa shape index (κ3) is 6.61. The number of halogens is 1. The van der Waals surface area contributed by atoms with Crippen molar-refractivity contribution >= 4 is 38.1 Å². The molecule has 1 amide bonds. The summed E-state index contributed by atoms with van der Waals surface area (Å²) in [5.41, 5.74) is 2.23. The number of rotatable bonds is 9. The molecule has 1 aromatic heterocycles. The number of nitrogens with zero attached hydrogens (tertiary/aromatic N) is 3. The van der Waals surface area contributed by atoms with E-state index in [0.29, 0.717) is 40.8 Å². The summed E-state index contributed by atoms with van der Waals surface area (Å²) >= 11 is 6.24. The molecular weight excluding hydrogens is 524 g/mol. The number of sulfonamides is 1. The van der Waals surface area contributed by atoms with Crippen LogP contribution in [0.15, 0.2) is 85.6 Å². The van der Waals surface area contributed by atoms with E-state index in [1.165, 1.54) is 18.3 Å². The number of carbonyl (C=O) groups is 1. The molecule has 0 atom stereocenters. The molecular formula is C28H29ClN4O4S. The van der Waals surface area contributed by atoms with Crippen molar-refractivity contribution in [3.8, 4) is 5.75 Å². The standard InChI is InChI=1S/C28H29ClN4O4S/c1-3-6-27(25-7-4-5-14-30-25)38(35,36)31-23-11-9-22(10-12-23)28(34)33-17-15-32(16-18-33)20-21-8-13-26(37-2)24(29)19-21/h3-14,19,31H,1,15-18,20H2,2H3/b27-6+. The van der Waals surface area contributed by atoms with Gasteiger partial charge in [0.1, 0.15) is 10.7 Å². The molecule has 198 valence electrons. The molecule has 0 saturated carbocycles. The lowest BCUT2D eigenvalue weighted by Crippen LogP contribution is -2.48. The number of amides is 1. The third-order valence-electron chi connectivity index (χ3n) is 6.14. The average molecular weight is 553 g/mol. The van der Waals surface area contributed by atoms with Gasteiger partial charge in [-0.1, -0.05) is 36.4 Å². The second-order valence-corrected chi connectivity index (χ2v) is 10.8. The summed E-state index contributed by atoms with van der Waals surface area (Å²) in [6.45, 7) is 7.00. The summed E-state index contributed by atoms with van der Waals surface area (Å²) in [6, 6.07) is 17.2. The van der Waals surface area contributed by atoms with Gasteiger partial charge in [0.2, 0.25) is 0 Å². The molecule has 8 nitrogen and oxygen atoms in total. The molecule has 2 aromatic carbocycles. The molecule has 0 radical (unpaired) electrons. The van der Waals surface area contributed by atoms with Crippen LogP contribution >= 0.6 is 11.6 Å². The van der Waals surface area contributed by atoms with E-state index in [2.05, 4.69) is 21.2 Å². The minimum absolute atomic E-state index is 0.00281. The minimum Gasteiger partial charge on any atom is -0.495 e. The lowest BCUT2D eigenvalue weighted by molar-refractivity contribution is 0.0628. The van der Waals surface area contributed by atoms with Gasteiger partial charge < -0.3 is 9.64 Å². The van der Waals surface area contributed by atoms with Crippen molar-refractivity contribution in [2.45, 2.75) is 6.54 Å². The Kier molecular flexibility index (Phi) is 8.83. The zero-order chi connectivity index (χ0) is 27.1. The van der Waals surface area contributed by atoms with Crippen molar-refractivity contribution in [1.29, 1.82) is 0 Å². The van der Waals surface area contributed by atoms with Gasteiger partial charge in [-0.2, -0.15) is 0 Å². The number of nitrogens with one attached hydrogen (secondary N) is 1. The van der Waals surface area contributed by atoms with Crippen LogP contribution < -0.4 is 9.46 Å². The van der Waals surface area contributed by atoms with Crippen LogP contribution in [0.25, 0.3) is 4.91 Å². The highest BCUT2D eigenvalue weighted by Gasteiger charge is 2.23. The second kappa shape index (κ2) is 12.3. The maximum absolute atomic E-state index is 13.1. The van der Waals surface area contributed by atoms with Crippen LogP contribution in [-0.2, 0) is 16.6 Å². The number of allylic oxidation sites excluding steroid dienone is 2. The Balaban J connectivity index is 1.35. The predicted octanol–water partition coefficient (Wildman–Crippen LogP) is 4.67. The first kappa shape index (κ1) is 27.4. The number of anilines is 1. The zero-order valence-corrected chi connectivity index (χ0v) is 22.6. The zero-order valence-electron chi connectivity index (χ0n) is 21.0. The van der Waals surface area contributed by atoms with Crippen molar-refractivity contribution in [3.63, 3.8) is 0 Å². The monoisotopic (exact) mass is 552 g/mol. The number of hydrogen-bond donors (Lipinski definition) is 1. The molecule has 4 rings (SSSR count). The highest BCUT2D eigenvalue weighted by molar-refractivity contribution is 8.01. The SMILES string of the molecule is C=C/C=C(\c1ccccn1)S(=O)(=O)Nc1ccc(C(=O)N2CCN(Cc3ccc(OC)c(Cl)c3)CC2)cc1. The van der Waals surface area contributed by atoms with E-state index < -0.39 is 10.0 Å². The van der Waals surface area contributed by atoms with Crippen molar-refractivity contribution in [2.24, 2.45) is 0 Å². The molecule has 1 aliphatic heterocycles. The molecule has 1 fully saturated rings. The number of piperazine rings is 1. The molecule has 1 aliphatic rings. The molecule has 0 bridgehead atoms. The van der Waals surface area contributed by atoms with Crippen molar-refractivity contribution in [1.82, 2.24) is 14.8 Å². The summed E-state index contributed by atoms with van der Waals surface area (Å²) in [7, 11) is -2.33. The molecule has 0 unspecified atom stereocenters. The number of hydrogen-bond acceptors (Lipinski definition) is 6. The van der Waals surface area contributed by atoms with Gasteiger partial charge in [-0.05, 0) is 60.2 Å². The number of carbonyl (C=O) groups excluding carboxylic acids is 1. The van der Waals surface area contributed by atoms with Crippen molar-refractivity contribution in [2.75, 3.05) is 38.0 Å². The Labute approximate surface area is 228 Å². The van der Waals surface area contributed by atoms with E-state index in [1.807, 2.05) is 23.1 Å². The molecule has 10 heteroatoms. The van der Waals surface area contributed by atoms with Crippen LogP contribution in [0, 0.1) is 0 Å². The van der Waals surface area contributed by atoms with Gasteiger partial charge in [0.15, 0.2) is 0 Å². The maximum atomic E-state index is 13.1. The van der Waals surface area contributed by atoms with Gasteiger partial charge in [-0.25, -0.2) is 8.42 Å². The van der Waals surface area contributed by atoms with Crippen LogP contribution in [0.5, 0.6) is 5.75 Å². The fourth-order valence-electron chi connectivity index (χ4n) is 4.18. The fraction of sp³-hybridized carbons (Fsp3) is 0.214. The smallest absolute Gasteiger partial charge is 0.264 e. The summed E-state index contributed by atoms with van der Waals surface area (Å²) < 4.78 is 33.8. The Morgan fingerprint density at radius 2 is 1.84 bits per heavy atom. The van der Waals surface area contributed by atoms with Crippen LogP contribution in [0.4, 0.5) is 5.69 Å². The molecule has 0 spiro atoms. The number of ether oxygens (including phenoxy) is 1. The van der Waals surface area contributed by atoms with Gasteiger partial charge in [0.05, 0.1) is 17.8 Å². The minimum atomic E-state index is -3.92. The average Bonchev–Trinajstić information content (AvgIpc) is 2.92. The predicted molar refractivity (Wildman–Crippen MR) is 151 cm³/mol. The van der Waals surface area contributed by atoms with E-state index in [1.54, 1.807) is 49.6 Å². The van der Waals surface area contributed by atoms with Gasteiger partial charge >= 0.3 is 0 Å². The third-order valence-corrected chi connectivity index (χ3v) is 7.87. The molecule has 3 aromatic rings. The maximum Gasteiger partial charge on any atom is 0.264 e. The Morgan fingerprint density at radius 3 is 2.45 bits per heavy atom. The Bertz CT molecular complexity index is 1420.